The molecule has 1 N–H and O–H groups in total. The molecule has 2 aliphatic rings. The molecule has 2 saturated heterocycles. The number of aromatic carboxylic acids is 1. The van der Waals surface area contributed by atoms with Crippen molar-refractivity contribution < 1.29 is 14.6 Å². The summed E-state index contributed by atoms with van der Waals surface area (Å²) in [6.07, 6.45) is 0. The van der Waals surface area contributed by atoms with E-state index < -0.39 is 5.97 Å². The predicted octanol–water partition coefficient (Wildman–Crippen LogP) is 2.53. The Bertz CT molecular complexity index is 808. The molecule has 1 aromatic heterocycles. The summed E-state index contributed by atoms with van der Waals surface area (Å²) in [5.41, 5.74) is 1.40. The average molecular weight is 353 g/mol. The van der Waals surface area contributed by atoms with Crippen LogP contribution in [0.2, 0.25) is 0 Å². The number of rotatable bonds is 4. The van der Waals surface area contributed by atoms with Crippen molar-refractivity contribution in [2.24, 2.45) is 11.8 Å². The molecule has 2 fully saturated rings. The molecule has 0 aliphatic carbocycles. The number of carbonyl (C=O) groups is 1. The monoisotopic (exact) mass is 353 g/mol. The highest BCUT2D eigenvalue weighted by Crippen LogP contribution is 2.45. The van der Waals surface area contributed by atoms with Crippen molar-refractivity contribution in [1.82, 2.24) is 9.88 Å². The minimum Gasteiger partial charge on any atom is -0.497 e. The average Bonchev–Trinajstić information content (AvgIpc) is 3.18. The van der Waals surface area contributed by atoms with Crippen molar-refractivity contribution >= 4 is 11.8 Å². The van der Waals surface area contributed by atoms with Gasteiger partial charge < -0.3 is 14.7 Å². The Hall–Kier alpha value is -2.60. The van der Waals surface area contributed by atoms with E-state index in [0.29, 0.717) is 17.9 Å². The number of aromatic nitrogens is 1. The molecular weight excluding hydrogens is 330 g/mol. The Kier molecular flexibility index (Phi) is 4.28. The van der Waals surface area contributed by atoms with Gasteiger partial charge in [-0.25, -0.2) is 9.78 Å². The molecule has 0 amide bonds. The van der Waals surface area contributed by atoms with E-state index in [4.69, 9.17) is 4.74 Å². The van der Waals surface area contributed by atoms with Gasteiger partial charge in [-0.3, -0.25) is 4.90 Å². The lowest BCUT2D eigenvalue weighted by atomic mass is 9.89. The first kappa shape index (κ1) is 16.8. The van der Waals surface area contributed by atoms with Gasteiger partial charge in [-0.05, 0) is 42.8 Å². The van der Waals surface area contributed by atoms with E-state index in [-0.39, 0.29) is 5.69 Å². The van der Waals surface area contributed by atoms with Gasteiger partial charge in [0.25, 0.3) is 0 Å². The lowest BCUT2D eigenvalue weighted by molar-refractivity contribution is 0.0690. The molecule has 2 aromatic rings. The number of fused-ring (bicyclic) bond motifs is 1. The fraction of sp³-hybridized carbons (Fsp3) is 0.400. The van der Waals surface area contributed by atoms with Crippen molar-refractivity contribution in [1.29, 1.82) is 0 Å². The van der Waals surface area contributed by atoms with Crippen LogP contribution in [-0.4, -0.2) is 54.8 Å². The summed E-state index contributed by atoms with van der Waals surface area (Å²) in [7, 11) is 3.86. The van der Waals surface area contributed by atoms with E-state index in [1.807, 2.05) is 18.2 Å². The van der Waals surface area contributed by atoms with Crippen LogP contribution in [0.15, 0.2) is 42.5 Å². The van der Waals surface area contributed by atoms with Gasteiger partial charge in [-0.1, -0.05) is 18.2 Å². The maximum atomic E-state index is 11.2. The highest BCUT2D eigenvalue weighted by atomic mass is 16.5. The first-order chi connectivity index (χ1) is 12.6. The van der Waals surface area contributed by atoms with Gasteiger partial charge in [0.05, 0.1) is 7.11 Å². The molecule has 0 spiro atoms. The topological polar surface area (TPSA) is 65.9 Å². The second kappa shape index (κ2) is 6.61. The standard InChI is InChI=1S/C20H23N3O3/c1-22-10-14-11-23(18-5-3-4-17(21-18)20(24)25)12-16(14)19(22)13-6-8-15(26-2)9-7-13/h3-9,14,16,19H,10-12H2,1-2H3,(H,24,25)/t14-,16+,19+/m0/s1. The fourth-order valence-electron chi connectivity index (χ4n) is 4.47. The summed E-state index contributed by atoms with van der Waals surface area (Å²) in [4.78, 5) is 20.2. The highest BCUT2D eigenvalue weighted by molar-refractivity contribution is 5.85. The van der Waals surface area contributed by atoms with E-state index in [1.54, 1.807) is 13.2 Å². The number of hydrogen-bond acceptors (Lipinski definition) is 5. The van der Waals surface area contributed by atoms with Crippen molar-refractivity contribution in [3.05, 3.63) is 53.7 Å². The van der Waals surface area contributed by atoms with Crippen LogP contribution in [-0.2, 0) is 0 Å². The number of carboxylic acid groups (broad SMARTS) is 1. The van der Waals surface area contributed by atoms with E-state index in [1.165, 1.54) is 11.6 Å². The van der Waals surface area contributed by atoms with E-state index in [2.05, 4.69) is 34.0 Å². The maximum Gasteiger partial charge on any atom is 0.354 e. The molecule has 0 bridgehead atoms. The normalized spacial score (nSPS) is 25.3. The second-order valence-electron chi connectivity index (χ2n) is 7.17. The Labute approximate surface area is 153 Å². The van der Waals surface area contributed by atoms with Crippen molar-refractivity contribution in [3.8, 4) is 5.75 Å². The van der Waals surface area contributed by atoms with Gasteiger partial charge >= 0.3 is 5.97 Å². The number of likely N-dealkylation sites (tertiary alicyclic amines) is 1. The third-order valence-electron chi connectivity index (χ3n) is 5.63. The molecule has 0 unspecified atom stereocenters. The molecule has 2 aliphatic heterocycles. The zero-order valence-electron chi connectivity index (χ0n) is 15.0. The summed E-state index contributed by atoms with van der Waals surface area (Å²) in [5, 5.41) is 9.18. The van der Waals surface area contributed by atoms with Gasteiger partial charge in [-0.2, -0.15) is 0 Å². The first-order valence-electron chi connectivity index (χ1n) is 8.86. The Morgan fingerprint density at radius 2 is 1.92 bits per heavy atom. The number of ether oxygens (including phenoxy) is 1. The molecule has 0 saturated carbocycles. The zero-order chi connectivity index (χ0) is 18.3. The largest absolute Gasteiger partial charge is 0.497 e. The van der Waals surface area contributed by atoms with Gasteiger partial charge in [0.2, 0.25) is 0 Å². The Morgan fingerprint density at radius 3 is 2.62 bits per heavy atom. The third-order valence-corrected chi connectivity index (χ3v) is 5.63. The molecule has 1 aromatic carbocycles. The summed E-state index contributed by atoms with van der Waals surface area (Å²) < 4.78 is 5.27. The quantitative estimate of drug-likeness (QED) is 0.911. The van der Waals surface area contributed by atoms with Crippen molar-refractivity contribution in [3.63, 3.8) is 0 Å². The highest BCUT2D eigenvalue weighted by Gasteiger charge is 2.46. The van der Waals surface area contributed by atoms with Gasteiger partial charge in [0, 0.05) is 31.6 Å². The number of nitrogens with zero attached hydrogens (tertiary/aromatic N) is 3. The van der Waals surface area contributed by atoms with E-state index in [0.717, 1.165) is 31.2 Å². The molecule has 6 nitrogen and oxygen atoms in total. The van der Waals surface area contributed by atoms with Gasteiger partial charge in [0.1, 0.15) is 11.6 Å². The summed E-state index contributed by atoms with van der Waals surface area (Å²) in [6.45, 7) is 2.84. The van der Waals surface area contributed by atoms with Crippen LogP contribution in [0.4, 0.5) is 5.82 Å². The molecule has 26 heavy (non-hydrogen) atoms. The van der Waals surface area contributed by atoms with Crippen LogP contribution < -0.4 is 9.64 Å². The fourth-order valence-corrected chi connectivity index (χ4v) is 4.47. The molecule has 3 atom stereocenters. The number of anilines is 1. The smallest absolute Gasteiger partial charge is 0.354 e. The van der Waals surface area contributed by atoms with Crippen molar-refractivity contribution in [2.75, 3.05) is 38.7 Å². The van der Waals surface area contributed by atoms with Crippen LogP contribution in [0.5, 0.6) is 5.75 Å². The lowest BCUT2D eigenvalue weighted by Crippen LogP contribution is -2.29. The Morgan fingerprint density at radius 1 is 1.15 bits per heavy atom. The molecule has 0 radical (unpaired) electrons. The molecule has 4 rings (SSSR count). The van der Waals surface area contributed by atoms with E-state index >= 15 is 0 Å². The summed E-state index contributed by atoms with van der Waals surface area (Å²) in [6, 6.07) is 13.9. The van der Waals surface area contributed by atoms with E-state index in [9.17, 15) is 9.90 Å². The molecule has 136 valence electrons. The SMILES string of the molecule is COc1ccc([C@@H]2[C@@H]3CN(c4cccc(C(=O)O)n4)C[C@@H]3CN2C)cc1. The van der Waals surface area contributed by atoms with Crippen LogP contribution in [0.3, 0.4) is 0 Å². The minimum absolute atomic E-state index is 0.100. The van der Waals surface area contributed by atoms with Crippen LogP contribution in [0.25, 0.3) is 0 Å². The predicted molar refractivity (Wildman–Crippen MR) is 98.8 cm³/mol. The molecule has 3 heterocycles. The zero-order valence-corrected chi connectivity index (χ0v) is 15.0. The number of hydrogen-bond donors (Lipinski definition) is 1. The number of methoxy groups -OCH3 is 1. The van der Waals surface area contributed by atoms with Crippen LogP contribution in [0, 0.1) is 11.8 Å². The third kappa shape index (κ3) is 2.90. The lowest BCUT2D eigenvalue weighted by Gasteiger charge is -2.27. The number of benzene rings is 1. The maximum absolute atomic E-state index is 11.2. The van der Waals surface area contributed by atoms with Crippen molar-refractivity contribution in [2.45, 2.75) is 6.04 Å². The van der Waals surface area contributed by atoms with Crippen LogP contribution >= 0.6 is 0 Å². The minimum atomic E-state index is -0.984. The summed E-state index contributed by atoms with van der Waals surface area (Å²) >= 11 is 0. The summed E-state index contributed by atoms with van der Waals surface area (Å²) in [5.74, 6) is 1.71. The van der Waals surface area contributed by atoms with Gasteiger partial charge in [-0.15, -0.1) is 0 Å². The van der Waals surface area contributed by atoms with Crippen LogP contribution in [0.1, 0.15) is 22.1 Å². The first-order valence-corrected chi connectivity index (χ1v) is 8.86. The molecule has 6 heteroatoms. The second-order valence-corrected chi connectivity index (χ2v) is 7.17. The Balaban J connectivity index is 1.56. The number of pyridine rings is 1. The molecular formula is C20H23N3O3. The number of carboxylic acids is 1. The van der Waals surface area contributed by atoms with Gasteiger partial charge in [0.15, 0.2) is 5.69 Å².